The lowest BCUT2D eigenvalue weighted by Gasteiger charge is -2.30. The third kappa shape index (κ3) is 2.45. The molecule has 1 aromatic rings. The largest absolute Gasteiger partial charge is 0.378 e. The van der Waals surface area contributed by atoms with Crippen LogP contribution in [0.4, 0.5) is 0 Å². The standard InChI is InChI=1S/C11H13Cl2NO/c1-7(14-8-5-15-6-8)9-3-2-4-10(12)11(9)13/h2-4,7-8,14H,5-6H2,1H3. The van der Waals surface area contributed by atoms with Gasteiger partial charge in [0.1, 0.15) is 0 Å². The fraction of sp³-hybridized carbons (Fsp3) is 0.455. The summed E-state index contributed by atoms with van der Waals surface area (Å²) < 4.78 is 5.10. The molecule has 2 nitrogen and oxygen atoms in total. The van der Waals surface area contributed by atoms with Crippen LogP contribution in [0.1, 0.15) is 18.5 Å². The number of benzene rings is 1. The molecule has 1 unspecified atom stereocenters. The Balaban J connectivity index is 2.09. The molecule has 15 heavy (non-hydrogen) atoms. The van der Waals surface area contributed by atoms with Crippen LogP contribution < -0.4 is 5.32 Å². The maximum atomic E-state index is 6.13. The first-order chi connectivity index (χ1) is 7.18. The first kappa shape index (κ1) is 11.2. The predicted octanol–water partition coefficient (Wildman–Crippen LogP) is 3.04. The van der Waals surface area contributed by atoms with Crippen molar-refractivity contribution in [3.05, 3.63) is 33.8 Å². The second-order valence-corrected chi connectivity index (χ2v) is 4.55. The van der Waals surface area contributed by atoms with Crippen molar-refractivity contribution in [2.75, 3.05) is 13.2 Å². The Hall–Kier alpha value is -0.280. The van der Waals surface area contributed by atoms with Crippen LogP contribution in [-0.2, 0) is 4.74 Å². The molecule has 2 rings (SSSR count). The minimum absolute atomic E-state index is 0.199. The summed E-state index contributed by atoms with van der Waals surface area (Å²) in [7, 11) is 0. The van der Waals surface area contributed by atoms with E-state index in [4.69, 9.17) is 27.9 Å². The SMILES string of the molecule is CC(NC1COC1)c1cccc(Cl)c1Cl. The van der Waals surface area contributed by atoms with Crippen molar-refractivity contribution >= 4 is 23.2 Å². The van der Waals surface area contributed by atoms with Crippen LogP contribution in [0.25, 0.3) is 0 Å². The smallest absolute Gasteiger partial charge is 0.0643 e. The summed E-state index contributed by atoms with van der Waals surface area (Å²) in [6.07, 6.45) is 0. The molecule has 1 N–H and O–H groups in total. The van der Waals surface area contributed by atoms with Crippen LogP contribution in [0, 0.1) is 0 Å². The zero-order valence-electron chi connectivity index (χ0n) is 8.47. The lowest BCUT2D eigenvalue weighted by molar-refractivity contribution is -0.00924. The molecule has 0 aromatic heterocycles. The highest BCUT2D eigenvalue weighted by Gasteiger charge is 2.21. The molecule has 0 bridgehead atoms. The van der Waals surface area contributed by atoms with Gasteiger partial charge < -0.3 is 10.1 Å². The predicted molar refractivity (Wildman–Crippen MR) is 62.6 cm³/mol. The monoisotopic (exact) mass is 245 g/mol. The van der Waals surface area contributed by atoms with Crippen molar-refractivity contribution in [3.8, 4) is 0 Å². The van der Waals surface area contributed by atoms with Crippen LogP contribution in [0.15, 0.2) is 18.2 Å². The highest BCUT2D eigenvalue weighted by molar-refractivity contribution is 6.42. The Labute approximate surface area is 99.5 Å². The molecular formula is C11H13Cl2NO. The summed E-state index contributed by atoms with van der Waals surface area (Å²) in [5.41, 5.74) is 1.04. The fourth-order valence-corrected chi connectivity index (χ4v) is 2.10. The van der Waals surface area contributed by atoms with E-state index in [1.807, 2.05) is 12.1 Å². The summed E-state index contributed by atoms with van der Waals surface area (Å²) in [5, 5.41) is 4.68. The van der Waals surface area contributed by atoms with E-state index in [2.05, 4.69) is 12.2 Å². The zero-order chi connectivity index (χ0) is 10.8. The molecule has 1 aliphatic rings. The number of rotatable bonds is 3. The van der Waals surface area contributed by atoms with Crippen LogP contribution in [0.5, 0.6) is 0 Å². The van der Waals surface area contributed by atoms with E-state index < -0.39 is 0 Å². The van der Waals surface area contributed by atoms with Crippen molar-refractivity contribution in [2.24, 2.45) is 0 Å². The molecule has 1 heterocycles. The van der Waals surface area contributed by atoms with Gasteiger partial charge in [-0.2, -0.15) is 0 Å². The third-order valence-electron chi connectivity index (χ3n) is 2.57. The van der Waals surface area contributed by atoms with Gasteiger partial charge in [-0.15, -0.1) is 0 Å². The van der Waals surface area contributed by atoms with E-state index in [1.165, 1.54) is 0 Å². The van der Waals surface area contributed by atoms with Gasteiger partial charge in [0.15, 0.2) is 0 Å². The van der Waals surface area contributed by atoms with Crippen molar-refractivity contribution in [3.63, 3.8) is 0 Å². The fourth-order valence-electron chi connectivity index (χ4n) is 1.63. The minimum atomic E-state index is 0.199. The van der Waals surface area contributed by atoms with Crippen LogP contribution in [-0.4, -0.2) is 19.3 Å². The Bertz CT molecular complexity index is 352. The lowest BCUT2D eigenvalue weighted by Crippen LogP contribution is -2.46. The maximum Gasteiger partial charge on any atom is 0.0643 e. The van der Waals surface area contributed by atoms with Crippen LogP contribution >= 0.6 is 23.2 Å². The van der Waals surface area contributed by atoms with Crippen molar-refractivity contribution in [2.45, 2.75) is 19.0 Å². The number of halogens is 2. The lowest BCUT2D eigenvalue weighted by atomic mass is 10.1. The summed E-state index contributed by atoms with van der Waals surface area (Å²) in [6, 6.07) is 6.34. The molecule has 0 radical (unpaired) electrons. The van der Waals surface area contributed by atoms with E-state index in [0.717, 1.165) is 18.8 Å². The van der Waals surface area contributed by atoms with Crippen LogP contribution in [0.2, 0.25) is 10.0 Å². The van der Waals surface area contributed by atoms with E-state index in [-0.39, 0.29) is 6.04 Å². The maximum absolute atomic E-state index is 6.13. The van der Waals surface area contributed by atoms with E-state index >= 15 is 0 Å². The molecule has 0 aliphatic carbocycles. The quantitative estimate of drug-likeness (QED) is 0.885. The number of hydrogen-bond acceptors (Lipinski definition) is 2. The molecule has 1 saturated heterocycles. The Morgan fingerprint density at radius 2 is 2.13 bits per heavy atom. The summed E-state index contributed by atoms with van der Waals surface area (Å²) in [5.74, 6) is 0. The molecule has 0 saturated carbocycles. The third-order valence-corrected chi connectivity index (χ3v) is 3.41. The van der Waals surface area contributed by atoms with Gasteiger partial charge in [-0.1, -0.05) is 35.3 Å². The number of hydrogen-bond donors (Lipinski definition) is 1. The van der Waals surface area contributed by atoms with E-state index in [1.54, 1.807) is 6.07 Å². The normalized spacial score (nSPS) is 18.6. The molecule has 1 aliphatic heterocycles. The average molecular weight is 246 g/mol. The highest BCUT2D eigenvalue weighted by atomic mass is 35.5. The van der Waals surface area contributed by atoms with Crippen molar-refractivity contribution in [1.29, 1.82) is 0 Å². The van der Waals surface area contributed by atoms with Crippen molar-refractivity contribution < 1.29 is 4.74 Å². The van der Waals surface area contributed by atoms with Gasteiger partial charge in [0.05, 0.1) is 29.3 Å². The topological polar surface area (TPSA) is 21.3 Å². The Morgan fingerprint density at radius 1 is 1.40 bits per heavy atom. The summed E-state index contributed by atoms with van der Waals surface area (Å²) in [6.45, 7) is 3.64. The second kappa shape index (κ2) is 4.71. The molecule has 0 spiro atoms. The van der Waals surface area contributed by atoms with Gasteiger partial charge in [-0.3, -0.25) is 0 Å². The zero-order valence-corrected chi connectivity index (χ0v) is 9.98. The van der Waals surface area contributed by atoms with Gasteiger partial charge >= 0.3 is 0 Å². The Morgan fingerprint density at radius 3 is 2.73 bits per heavy atom. The van der Waals surface area contributed by atoms with Gasteiger partial charge in [0.25, 0.3) is 0 Å². The molecule has 82 valence electrons. The molecule has 1 aromatic carbocycles. The van der Waals surface area contributed by atoms with E-state index in [9.17, 15) is 0 Å². The first-order valence-corrected chi connectivity index (χ1v) is 5.72. The molecule has 0 amide bonds. The molecular weight excluding hydrogens is 233 g/mol. The summed E-state index contributed by atoms with van der Waals surface area (Å²) in [4.78, 5) is 0. The second-order valence-electron chi connectivity index (χ2n) is 3.77. The number of nitrogens with one attached hydrogen (secondary N) is 1. The Kier molecular flexibility index (Phi) is 3.52. The molecule has 4 heteroatoms. The summed E-state index contributed by atoms with van der Waals surface area (Å²) >= 11 is 12.1. The van der Waals surface area contributed by atoms with Gasteiger partial charge in [-0.05, 0) is 18.6 Å². The minimum Gasteiger partial charge on any atom is -0.378 e. The average Bonchev–Trinajstić information content (AvgIpc) is 2.15. The van der Waals surface area contributed by atoms with Crippen LogP contribution in [0.3, 0.4) is 0 Å². The van der Waals surface area contributed by atoms with Gasteiger partial charge in [0.2, 0.25) is 0 Å². The van der Waals surface area contributed by atoms with Gasteiger partial charge in [0, 0.05) is 6.04 Å². The number of ether oxygens (including phenoxy) is 1. The first-order valence-electron chi connectivity index (χ1n) is 4.96. The molecule has 1 atom stereocenters. The van der Waals surface area contributed by atoms with E-state index in [0.29, 0.717) is 16.1 Å². The van der Waals surface area contributed by atoms with Gasteiger partial charge in [-0.25, -0.2) is 0 Å². The molecule has 1 fully saturated rings. The highest BCUT2D eigenvalue weighted by Crippen LogP contribution is 2.30. The van der Waals surface area contributed by atoms with Crippen molar-refractivity contribution in [1.82, 2.24) is 5.32 Å².